The summed E-state index contributed by atoms with van der Waals surface area (Å²) >= 11 is 11.8. The molecule has 0 aliphatic rings. The SMILES string of the molecule is CC(C)(CO)N/C=C(/C#N)C(=O)Nc1cc(Cl)ccc1Cl. The van der Waals surface area contributed by atoms with E-state index in [0.29, 0.717) is 15.7 Å². The minimum Gasteiger partial charge on any atom is -0.394 e. The summed E-state index contributed by atoms with van der Waals surface area (Å²) in [5.74, 6) is -0.622. The summed E-state index contributed by atoms with van der Waals surface area (Å²) in [7, 11) is 0. The van der Waals surface area contributed by atoms with E-state index in [1.165, 1.54) is 12.3 Å². The van der Waals surface area contributed by atoms with Crippen LogP contribution in [0.3, 0.4) is 0 Å². The minimum absolute atomic E-state index is 0.146. The molecule has 0 radical (unpaired) electrons. The Morgan fingerprint density at radius 1 is 1.48 bits per heavy atom. The van der Waals surface area contributed by atoms with E-state index in [-0.39, 0.29) is 12.2 Å². The number of rotatable bonds is 5. The molecule has 0 aromatic heterocycles. The first-order chi connectivity index (χ1) is 9.79. The lowest BCUT2D eigenvalue weighted by Crippen LogP contribution is -2.39. The normalized spacial score (nSPS) is 11.7. The molecule has 0 heterocycles. The zero-order valence-corrected chi connectivity index (χ0v) is 13.1. The number of aliphatic hydroxyl groups excluding tert-OH is 1. The third kappa shape index (κ3) is 5.27. The zero-order chi connectivity index (χ0) is 16.0. The number of nitriles is 1. The lowest BCUT2D eigenvalue weighted by atomic mass is 10.1. The maximum Gasteiger partial charge on any atom is 0.267 e. The van der Waals surface area contributed by atoms with Gasteiger partial charge in [0, 0.05) is 11.2 Å². The molecule has 0 spiro atoms. The van der Waals surface area contributed by atoms with Gasteiger partial charge in [-0.3, -0.25) is 4.79 Å². The van der Waals surface area contributed by atoms with E-state index in [1.807, 2.05) is 0 Å². The molecule has 1 amide bonds. The molecule has 1 rings (SSSR count). The van der Waals surface area contributed by atoms with E-state index < -0.39 is 11.4 Å². The molecule has 0 fully saturated rings. The van der Waals surface area contributed by atoms with Gasteiger partial charge in [0.2, 0.25) is 0 Å². The summed E-state index contributed by atoms with van der Waals surface area (Å²) in [6, 6.07) is 6.40. The van der Waals surface area contributed by atoms with Crippen molar-refractivity contribution in [2.24, 2.45) is 0 Å². The van der Waals surface area contributed by atoms with Crippen molar-refractivity contribution in [3.8, 4) is 6.07 Å². The summed E-state index contributed by atoms with van der Waals surface area (Å²) < 4.78 is 0. The van der Waals surface area contributed by atoms with Gasteiger partial charge in [-0.05, 0) is 32.0 Å². The van der Waals surface area contributed by atoms with Gasteiger partial charge in [-0.2, -0.15) is 5.26 Å². The number of hydrogen-bond acceptors (Lipinski definition) is 4. The Hall–Kier alpha value is -1.74. The van der Waals surface area contributed by atoms with Crippen LogP contribution in [0.1, 0.15) is 13.8 Å². The highest BCUT2D eigenvalue weighted by Crippen LogP contribution is 2.25. The summed E-state index contributed by atoms with van der Waals surface area (Å²) in [6.45, 7) is 3.30. The maximum atomic E-state index is 12.0. The van der Waals surface area contributed by atoms with Crippen molar-refractivity contribution in [3.63, 3.8) is 0 Å². The second kappa shape index (κ2) is 7.32. The van der Waals surface area contributed by atoms with Crippen LogP contribution >= 0.6 is 23.2 Å². The second-order valence-electron chi connectivity index (χ2n) is 4.93. The fourth-order valence-electron chi connectivity index (χ4n) is 1.24. The van der Waals surface area contributed by atoms with E-state index in [9.17, 15) is 4.79 Å². The highest BCUT2D eigenvalue weighted by Gasteiger charge is 2.16. The Morgan fingerprint density at radius 2 is 2.14 bits per heavy atom. The van der Waals surface area contributed by atoms with Crippen LogP contribution in [0, 0.1) is 11.3 Å². The van der Waals surface area contributed by atoms with Crippen LogP contribution < -0.4 is 10.6 Å². The van der Waals surface area contributed by atoms with Crippen molar-refractivity contribution >= 4 is 34.8 Å². The van der Waals surface area contributed by atoms with Gasteiger partial charge in [-0.15, -0.1) is 0 Å². The highest BCUT2D eigenvalue weighted by molar-refractivity contribution is 6.35. The van der Waals surface area contributed by atoms with Crippen molar-refractivity contribution < 1.29 is 9.90 Å². The minimum atomic E-state index is -0.643. The second-order valence-corrected chi connectivity index (χ2v) is 5.78. The molecule has 0 saturated heterocycles. The Morgan fingerprint density at radius 3 is 2.71 bits per heavy atom. The van der Waals surface area contributed by atoms with Crippen LogP contribution in [-0.4, -0.2) is 23.2 Å². The van der Waals surface area contributed by atoms with E-state index in [2.05, 4.69) is 10.6 Å². The lowest BCUT2D eigenvalue weighted by Gasteiger charge is -2.22. The van der Waals surface area contributed by atoms with Gasteiger partial charge in [0.15, 0.2) is 0 Å². The smallest absolute Gasteiger partial charge is 0.267 e. The van der Waals surface area contributed by atoms with Crippen molar-refractivity contribution in [1.82, 2.24) is 5.32 Å². The van der Waals surface area contributed by atoms with E-state index in [0.717, 1.165) is 0 Å². The van der Waals surface area contributed by atoms with E-state index in [4.69, 9.17) is 33.6 Å². The summed E-state index contributed by atoms with van der Waals surface area (Å²) in [5.41, 5.74) is -0.472. The molecule has 112 valence electrons. The monoisotopic (exact) mass is 327 g/mol. The molecular formula is C14H15Cl2N3O2. The Balaban J connectivity index is 2.88. The Kier molecular flexibility index (Phi) is 6.03. The molecule has 5 nitrogen and oxygen atoms in total. The van der Waals surface area contributed by atoms with Crippen LogP contribution in [0.25, 0.3) is 0 Å². The predicted octanol–water partition coefficient (Wildman–Crippen LogP) is 2.70. The quantitative estimate of drug-likeness (QED) is 0.573. The van der Waals surface area contributed by atoms with Gasteiger partial charge in [-0.25, -0.2) is 0 Å². The molecule has 0 atom stereocenters. The number of carbonyl (C=O) groups is 1. The molecular weight excluding hydrogens is 313 g/mol. The molecule has 0 bridgehead atoms. The van der Waals surface area contributed by atoms with Crippen LogP contribution in [0.2, 0.25) is 10.0 Å². The largest absolute Gasteiger partial charge is 0.394 e. The van der Waals surface area contributed by atoms with Gasteiger partial charge in [0.25, 0.3) is 5.91 Å². The number of hydrogen-bond donors (Lipinski definition) is 3. The molecule has 3 N–H and O–H groups in total. The van der Waals surface area contributed by atoms with Crippen molar-refractivity contribution in [2.75, 3.05) is 11.9 Å². The first kappa shape index (κ1) is 17.3. The predicted molar refractivity (Wildman–Crippen MR) is 83.1 cm³/mol. The summed E-state index contributed by atoms with van der Waals surface area (Å²) in [4.78, 5) is 12.0. The van der Waals surface area contributed by atoms with Crippen LogP contribution in [0.15, 0.2) is 30.0 Å². The molecule has 0 unspecified atom stereocenters. The zero-order valence-electron chi connectivity index (χ0n) is 11.6. The number of nitrogens with zero attached hydrogens (tertiary/aromatic N) is 1. The molecule has 0 aliphatic carbocycles. The first-order valence-electron chi connectivity index (χ1n) is 6.04. The number of halogens is 2. The van der Waals surface area contributed by atoms with Gasteiger partial charge in [-0.1, -0.05) is 23.2 Å². The van der Waals surface area contributed by atoms with Crippen molar-refractivity contribution in [1.29, 1.82) is 5.26 Å². The average Bonchev–Trinajstić information content (AvgIpc) is 2.43. The van der Waals surface area contributed by atoms with Gasteiger partial charge >= 0.3 is 0 Å². The lowest BCUT2D eigenvalue weighted by molar-refractivity contribution is -0.112. The third-order valence-electron chi connectivity index (χ3n) is 2.54. The number of carbonyl (C=O) groups excluding carboxylic acids is 1. The molecule has 0 aliphatic heterocycles. The molecule has 21 heavy (non-hydrogen) atoms. The number of amides is 1. The molecule has 0 saturated carbocycles. The topological polar surface area (TPSA) is 85.2 Å². The molecule has 1 aromatic carbocycles. The Bertz CT molecular complexity index is 607. The van der Waals surface area contributed by atoms with Gasteiger partial charge in [0.1, 0.15) is 11.6 Å². The van der Waals surface area contributed by atoms with Crippen molar-refractivity contribution in [2.45, 2.75) is 19.4 Å². The number of anilines is 1. The number of nitrogens with one attached hydrogen (secondary N) is 2. The van der Waals surface area contributed by atoms with Crippen LogP contribution in [-0.2, 0) is 4.79 Å². The molecule has 7 heteroatoms. The number of aliphatic hydroxyl groups is 1. The fourth-order valence-corrected chi connectivity index (χ4v) is 1.58. The summed E-state index contributed by atoms with van der Waals surface area (Å²) in [5, 5.41) is 24.2. The third-order valence-corrected chi connectivity index (χ3v) is 3.11. The van der Waals surface area contributed by atoms with E-state index in [1.54, 1.807) is 32.0 Å². The fraction of sp³-hybridized carbons (Fsp3) is 0.286. The Labute approximate surface area is 133 Å². The van der Waals surface area contributed by atoms with Gasteiger partial charge < -0.3 is 15.7 Å². The average molecular weight is 328 g/mol. The summed E-state index contributed by atoms with van der Waals surface area (Å²) in [6.07, 6.45) is 1.25. The van der Waals surface area contributed by atoms with Gasteiger partial charge in [0.05, 0.1) is 22.9 Å². The van der Waals surface area contributed by atoms with Crippen LogP contribution in [0.5, 0.6) is 0 Å². The molecule has 1 aromatic rings. The standard InChI is InChI=1S/C14H15Cl2N3O2/c1-14(2,8-20)18-7-9(6-17)13(21)19-12-5-10(15)3-4-11(12)16/h3-5,7,18,20H,8H2,1-2H3,(H,19,21)/b9-7-. The highest BCUT2D eigenvalue weighted by atomic mass is 35.5. The van der Waals surface area contributed by atoms with E-state index >= 15 is 0 Å². The maximum absolute atomic E-state index is 12.0. The number of benzene rings is 1. The van der Waals surface area contributed by atoms with Crippen LogP contribution in [0.4, 0.5) is 5.69 Å². The first-order valence-corrected chi connectivity index (χ1v) is 6.80. The van der Waals surface area contributed by atoms with Crippen molar-refractivity contribution in [3.05, 3.63) is 40.0 Å².